The molecule has 9 heteroatoms. The van der Waals surface area contributed by atoms with Crippen LogP contribution >= 0.6 is 0 Å². The number of carbonyl (C=O) groups is 3. The van der Waals surface area contributed by atoms with Gasteiger partial charge >= 0.3 is 11.9 Å². The van der Waals surface area contributed by atoms with Crippen LogP contribution in [0.2, 0.25) is 0 Å². The van der Waals surface area contributed by atoms with Gasteiger partial charge in [0.2, 0.25) is 5.91 Å². The number of nitrogens with one attached hydrogen (secondary N) is 1. The van der Waals surface area contributed by atoms with Crippen molar-refractivity contribution in [1.82, 2.24) is 14.9 Å². The van der Waals surface area contributed by atoms with E-state index in [0.29, 0.717) is 48.0 Å². The van der Waals surface area contributed by atoms with E-state index in [4.69, 9.17) is 14.5 Å². The second-order valence-corrected chi connectivity index (χ2v) is 25.2. The molecule has 6 saturated carbocycles. The Labute approximate surface area is 423 Å². The summed E-state index contributed by atoms with van der Waals surface area (Å²) >= 11 is 0. The van der Waals surface area contributed by atoms with Crippen molar-refractivity contribution in [2.45, 2.75) is 164 Å². The van der Waals surface area contributed by atoms with Gasteiger partial charge < -0.3 is 19.4 Å². The number of aromatic amines is 1. The molecule has 1 N–H and O–H groups in total. The van der Waals surface area contributed by atoms with E-state index in [1.165, 1.54) is 5.57 Å². The number of hydrogen-bond acceptors (Lipinski definition) is 7. The van der Waals surface area contributed by atoms with Gasteiger partial charge in [0, 0.05) is 18.4 Å². The molecule has 376 valence electrons. The Morgan fingerprint density at radius 3 is 2.30 bits per heavy atom. The SMILES string of the molecule is C=C(C)C1CCC2(C(=O)N3CCCC3c3ncc(-c4ccc(C#N)cc4)[nH]3)CCC3(C)C(CCC4C5(C)CCC(OC(=O)C6CC(C(=O)OCc7ccccc7)C6(C)C)C(C)(CC#CC)C5CCC43C)C12. The van der Waals surface area contributed by atoms with Crippen molar-refractivity contribution in [2.24, 2.45) is 73.9 Å². The molecule has 7 aliphatic rings. The molecule has 0 radical (unpaired) electrons. The molecule has 6 aliphatic carbocycles. The second kappa shape index (κ2) is 18.1. The minimum absolute atomic E-state index is 0.0353. The topological polar surface area (TPSA) is 125 Å². The zero-order valence-electron chi connectivity index (χ0n) is 43.9. The molecule has 71 heavy (non-hydrogen) atoms. The van der Waals surface area contributed by atoms with E-state index in [1.807, 2.05) is 81.6 Å². The minimum atomic E-state index is -0.563. The monoisotopic (exact) mass is 959 g/mol. The highest BCUT2D eigenvalue weighted by molar-refractivity contribution is 5.85. The Bertz CT molecular complexity index is 2670. The first kappa shape index (κ1) is 49.4. The lowest BCUT2D eigenvalue weighted by atomic mass is 9.32. The summed E-state index contributed by atoms with van der Waals surface area (Å²) in [5, 5.41) is 9.35. The Hall–Kier alpha value is -5.15. The number of allylic oxidation sites excluding steroid dienone is 1. The third kappa shape index (κ3) is 7.66. The molecule has 2 heterocycles. The molecule has 1 aromatic heterocycles. The molecule has 0 bridgehead atoms. The van der Waals surface area contributed by atoms with E-state index in [9.17, 15) is 14.9 Å². The highest BCUT2D eigenvalue weighted by atomic mass is 16.5. The summed E-state index contributed by atoms with van der Waals surface area (Å²) in [5.41, 5.74) is 3.56. The number of imidazole rings is 1. The van der Waals surface area contributed by atoms with E-state index >= 15 is 4.79 Å². The van der Waals surface area contributed by atoms with Crippen molar-refractivity contribution in [3.05, 3.63) is 89.9 Å². The molecular weight excluding hydrogens is 881 g/mol. The normalized spacial score (nSPS) is 38.6. The van der Waals surface area contributed by atoms with E-state index < -0.39 is 10.8 Å². The van der Waals surface area contributed by atoms with Crippen molar-refractivity contribution in [1.29, 1.82) is 5.26 Å². The maximum atomic E-state index is 15.7. The third-order valence-electron chi connectivity index (χ3n) is 22.0. The van der Waals surface area contributed by atoms with E-state index in [0.717, 1.165) is 106 Å². The zero-order chi connectivity index (χ0) is 50.3. The van der Waals surface area contributed by atoms with Gasteiger partial charge in [-0.15, -0.1) is 11.8 Å². The number of hydrogen-bond donors (Lipinski definition) is 1. The number of aromatic nitrogens is 2. The van der Waals surface area contributed by atoms with Gasteiger partial charge in [0.05, 0.1) is 46.8 Å². The average molecular weight is 959 g/mol. The molecule has 1 aliphatic heterocycles. The first-order valence-corrected chi connectivity index (χ1v) is 27.2. The number of benzene rings is 2. The van der Waals surface area contributed by atoms with Gasteiger partial charge in [-0.05, 0) is 172 Å². The minimum Gasteiger partial charge on any atom is -0.462 e. The van der Waals surface area contributed by atoms with Gasteiger partial charge in [0.1, 0.15) is 18.5 Å². The molecule has 14 unspecified atom stereocenters. The summed E-state index contributed by atoms with van der Waals surface area (Å²) in [6.45, 7) is 24.1. The molecule has 2 aromatic carbocycles. The Morgan fingerprint density at radius 2 is 1.59 bits per heavy atom. The van der Waals surface area contributed by atoms with Crippen molar-refractivity contribution in [3.8, 4) is 29.2 Å². The Balaban J connectivity index is 0.874. The summed E-state index contributed by atoms with van der Waals surface area (Å²) in [5.74, 6) is 8.62. The average Bonchev–Trinajstić information content (AvgIpc) is 4.14. The van der Waals surface area contributed by atoms with E-state index in [2.05, 4.69) is 69.0 Å². The van der Waals surface area contributed by atoms with Gasteiger partial charge in [-0.1, -0.05) is 96.2 Å². The van der Waals surface area contributed by atoms with Crippen molar-refractivity contribution in [2.75, 3.05) is 6.54 Å². The summed E-state index contributed by atoms with van der Waals surface area (Å²) in [7, 11) is 0. The van der Waals surface area contributed by atoms with E-state index in [-0.39, 0.29) is 70.1 Å². The zero-order valence-corrected chi connectivity index (χ0v) is 43.9. The van der Waals surface area contributed by atoms with Gasteiger partial charge in [0.25, 0.3) is 0 Å². The predicted octanol–water partition coefficient (Wildman–Crippen LogP) is 13.0. The first-order chi connectivity index (χ1) is 33.9. The van der Waals surface area contributed by atoms with Crippen LogP contribution < -0.4 is 0 Å². The third-order valence-corrected chi connectivity index (χ3v) is 22.0. The Morgan fingerprint density at radius 1 is 0.845 bits per heavy atom. The number of fused-ring (bicyclic) bond motifs is 7. The number of ether oxygens (including phenoxy) is 2. The van der Waals surface area contributed by atoms with Crippen LogP contribution in [0.3, 0.4) is 0 Å². The number of H-pyrrole nitrogens is 1. The van der Waals surface area contributed by atoms with Crippen LogP contribution in [-0.4, -0.2) is 45.4 Å². The lowest BCUT2D eigenvalue weighted by Gasteiger charge is -2.73. The lowest BCUT2D eigenvalue weighted by molar-refractivity contribution is -0.253. The standard InChI is InChI=1S/C62H78N4O5/c1-10-11-28-59(7)49-26-30-61(9)50(58(49,6)29-27-51(59)71-55(68)46-35-45(57(46,4)5)54(67)70-38-41-16-13-12-14-17-41)24-23-44-52-43(39(2)3)25-31-62(52,33-32-60(44,61)8)56(69)66-34-15-18-48(66)53-64-37-47(65-53)42-21-19-40(36-63)20-22-42/h12-14,16-17,19-22,37,43-46,48-52H,2,15,18,23-35,38H2,1,3-9H3,(H,64,65). The number of nitrogens with zero attached hydrogens (tertiary/aromatic N) is 3. The predicted molar refractivity (Wildman–Crippen MR) is 275 cm³/mol. The molecule has 10 rings (SSSR count). The van der Waals surface area contributed by atoms with Gasteiger partial charge in [-0.25, -0.2) is 4.98 Å². The maximum Gasteiger partial charge on any atom is 0.309 e. The van der Waals surface area contributed by atoms with E-state index in [1.54, 1.807) is 0 Å². The van der Waals surface area contributed by atoms with Crippen LogP contribution in [0, 0.1) is 97.1 Å². The van der Waals surface area contributed by atoms with Crippen molar-refractivity contribution < 1.29 is 23.9 Å². The van der Waals surface area contributed by atoms with Crippen molar-refractivity contribution in [3.63, 3.8) is 0 Å². The highest BCUT2D eigenvalue weighted by Crippen LogP contribution is 2.78. The summed E-state index contributed by atoms with van der Waals surface area (Å²) in [4.78, 5) is 54.1. The number of carbonyl (C=O) groups excluding carboxylic acids is 3. The number of likely N-dealkylation sites (tertiary alicyclic amines) is 1. The quantitative estimate of drug-likeness (QED) is 0.122. The summed E-state index contributed by atoms with van der Waals surface area (Å²) in [6.07, 6.45) is 14.8. The fourth-order valence-corrected chi connectivity index (χ4v) is 17.8. The molecule has 3 aromatic rings. The molecule has 1 amide bonds. The highest BCUT2D eigenvalue weighted by Gasteiger charge is 2.73. The number of amides is 1. The fourth-order valence-electron chi connectivity index (χ4n) is 17.8. The van der Waals surface area contributed by atoms with Crippen LogP contribution in [0.4, 0.5) is 0 Å². The second-order valence-electron chi connectivity index (χ2n) is 25.2. The fraction of sp³-hybridized carbons (Fsp3) is 0.629. The molecule has 0 spiro atoms. The van der Waals surface area contributed by atoms with Gasteiger partial charge in [0.15, 0.2) is 0 Å². The molecule has 9 nitrogen and oxygen atoms in total. The van der Waals surface area contributed by atoms with Crippen LogP contribution in [0.15, 0.2) is 72.9 Å². The van der Waals surface area contributed by atoms with Crippen LogP contribution in [-0.2, 0) is 30.5 Å². The number of esters is 2. The van der Waals surface area contributed by atoms with Crippen molar-refractivity contribution >= 4 is 17.8 Å². The Kier molecular flexibility index (Phi) is 12.6. The van der Waals surface area contributed by atoms with Gasteiger partial charge in [-0.2, -0.15) is 5.26 Å². The van der Waals surface area contributed by atoms with Crippen LogP contribution in [0.1, 0.15) is 168 Å². The molecule has 7 fully saturated rings. The lowest BCUT2D eigenvalue weighted by Crippen LogP contribution is -2.68. The maximum absolute atomic E-state index is 15.7. The number of rotatable bonds is 10. The van der Waals surface area contributed by atoms with Crippen LogP contribution in [0.5, 0.6) is 0 Å². The molecular formula is C62H78N4O5. The first-order valence-electron chi connectivity index (χ1n) is 27.2. The largest absolute Gasteiger partial charge is 0.462 e. The molecule has 1 saturated heterocycles. The van der Waals surface area contributed by atoms with Crippen LogP contribution in [0.25, 0.3) is 11.3 Å². The summed E-state index contributed by atoms with van der Waals surface area (Å²) in [6, 6.07) is 19.4. The summed E-state index contributed by atoms with van der Waals surface area (Å²) < 4.78 is 12.5. The number of nitriles is 1. The van der Waals surface area contributed by atoms with Gasteiger partial charge in [-0.3, -0.25) is 14.4 Å². The molecule has 14 atom stereocenters. The smallest absolute Gasteiger partial charge is 0.309 e.